The fraction of sp³-hybridized carbons (Fsp3) is 0. The van der Waals surface area contributed by atoms with Crippen LogP contribution in [0.3, 0.4) is 0 Å². The Labute approximate surface area is 106 Å². The summed E-state index contributed by atoms with van der Waals surface area (Å²) in [5.41, 5.74) is 1.57. The molecule has 0 radical (unpaired) electrons. The molecule has 2 aromatic rings. The minimum absolute atomic E-state index is 0.0158. The molecule has 1 aromatic heterocycles. The Morgan fingerprint density at radius 1 is 1.29 bits per heavy atom. The monoisotopic (exact) mass is 292 g/mol. The third kappa shape index (κ3) is 2.82. The van der Waals surface area contributed by atoms with E-state index in [1.807, 2.05) is 24.3 Å². The van der Waals surface area contributed by atoms with Crippen molar-refractivity contribution in [1.82, 2.24) is 4.98 Å². The van der Waals surface area contributed by atoms with Crippen molar-refractivity contribution in [1.29, 1.82) is 0 Å². The van der Waals surface area contributed by atoms with E-state index in [4.69, 9.17) is 5.11 Å². The zero-order valence-electron chi connectivity index (χ0n) is 8.72. The first-order chi connectivity index (χ1) is 8.16. The molecule has 2 N–H and O–H groups in total. The summed E-state index contributed by atoms with van der Waals surface area (Å²) in [6.07, 6.45) is 1.46. The SMILES string of the molecule is O=C(O)c1cc(Nc2ccccc2Br)ccn1. The van der Waals surface area contributed by atoms with Crippen LogP contribution in [0.5, 0.6) is 0 Å². The van der Waals surface area contributed by atoms with E-state index < -0.39 is 5.97 Å². The van der Waals surface area contributed by atoms with Crippen molar-refractivity contribution in [2.24, 2.45) is 0 Å². The lowest BCUT2D eigenvalue weighted by Gasteiger charge is -2.08. The zero-order valence-corrected chi connectivity index (χ0v) is 10.3. The molecule has 0 bridgehead atoms. The first-order valence-corrected chi connectivity index (χ1v) is 5.67. The lowest BCUT2D eigenvalue weighted by Crippen LogP contribution is -2.01. The fourth-order valence-corrected chi connectivity index (χ4v) is 1.73. The number of aromatic nitrogens is 1. The Hall–Kier alpha value is -1.88. The van der Waals surface area contributed by atoms with Gasteiger partial charge in [0.05, 0.1) is 5.69 Å². The van der Waals surface area contributed by atoms with Gasteiger partial charge in [0.2, 0.25) is 0 Å². The first-order valence-electron chi connectivity index (χ1n) is 4.88. The van der Waals surface area contributed by atoms with Crippen molar-refractivity contribution in [2.75, 3.05) is 5.32 Å². The molecule has 1 aromatic carbocycles. The maximum Gasteiger partial charge on any atom is 0.354 e. The van der Waals surface area contributed by atoms with Crippen molar-refractivity contribution < 1.29 is 9.90 Å². The summed E-state index contributed by atoms with van der Waals surface area (Å²) in [6, 6.07) is 10.8. The number of halogens is 1. The lowest BCUT2D eigenvalue weighted by molar-refractivity contribution is 0.0690. The molecule has 0 atom stereocenters. The van der Waals surface area contributed by atoms with E-state index in [2.05, 4.69) is 26.2 Å². The number of rotatable bonds is 3. The summed E-state index contributed by atoms with van der Waals surface area (Å²) in [6.45, 7) is 0. The fourth-order valence-electron chi connectivity index (χ4n) is 1.34. The van der Waals surface area contributed by atoms with Gasteiger partial charge < -0.3 is 10.4 Å². The van der Waals surface area contributed by atoms with Gasteiger partial charge in [0.15, 0.2) is 0 Å². The van der Waals surface area contributed by atoms with Crippen molar-refractivity contribution in [3.05, 3.63) is 52.8 Å². The average molecular weight is 293 g/mol. The summed E-state index contributed by atoms with van der Waals surface area (Å²) in [5, 5.41) is 11.9. The summed E-state index contributed by atoms with van der Waals surface area (Å²) >= 11 is 3.41. The van der Waals surface area contributed by atoms with Crippen LogP contribution < -0.4 is 5.32 Å². The summed E-state index contributed by atoms with van der Waals surface area (Å²) in [4.78, 5) is 14.5. The number of hydrogen-bond acceptors (Lipinski definition) is 3. The Bertz CT molecular complexity index is 558. The number of aromatic carboxylic acids is 1. The molecule has 0 amide bonds. The number of para-hydroxylation sites is 1. The smallest absolute Gasteiger partial charge is 0.354 e. The van der Waals surface area contributed by atoms with Crippen LogP contribution in [0.1, 0.15) is 10.5 Å². The van der Waals surface area contributed by atoms with Crippen LogP contribution in [0.15, 0.2) is 47.1 Å². The second-order valence-corrected chi connectivity index (χ2v) is 4.19. The van der Waals surface area contributed by atoms with E-state index in [1.165, 1.54) is 12.3 Å². The highest BCUT2D eigenvalue weighted by Crippen LogP contribution is 2.25. The van der Waals surface area contributed by atoms with Gasteiger partial charge in [-0.05, 0) is 40.2 Å². The number of hydrogen-bond donors (Lipinski definition) is 2. The maximum atomic E-state index is 10.8. The maximum absolute atomic E-state index is 10.8. The van der Waals surface area contributed by atoms with E-state index in [0.717, 1.165) is 10.2 Å². The number of nitrogens with zero attached hydrogens (tertiary/aromatic N) is 1. The molecule has 2 rings (SSSR count). The highest BCUT2D eigenvalue weighted by Gasteiger charge is 2.05. The van der Waals surface area contributed by atoms with E-state index >= 15 is 0 Å². The predicted octanol–water partition coefficient (Wildman–Crippen LogP) is 3.29. The van der Waals surface area contributed by atoms with Gasteiger partial charge in [0.25, 0.3) is 0 Å². The molecule has 17 heavy (non-hydrogen) atoms. The number of anilines is 2. The molecule has 86 valence electrons. The number of carboxylic acid groups (broad SMARTS) is 1. The Morgan fingerprint density at radius 3 is 2.76 bits per heavy atom. The third-order valence-electron chi connectivity index (χ3n) is 2.13. The van der Waals surface area contributed by atoms with Crippen LogP contribution in [-0.2, 0) is 0 Å². The number of pyridine rings is 1. The number of benzene rings is 1. The highest BCUT2D eigenvalue weighted by molar-refractivity contribution is 9.10. The molecule has 0 spiro atoms. The van der Waals surface area contributed by atoms with Gasteiger partial charge in [-0.15, -0.1) is 0 Å². The molecular formula is C12H9BrN2O2. The second-order valence-electron chi connectivity index (χ2n) is 3.34. The van der Waals surface area contributed by atoms with Crippen LogP contribution in [0.2, 0.25) is 0 Å². The van der Waals surface area contributed by atoms with Crippen molar-refractivity contribution in [2.45, 2.75) is 0 Å². The molecule has 0 aliphatic rings. The average Bonchev–Trinajstić information content (AvgIpc) is 2.32. The van der Waals surface area contributed by atoms with E-state index in [-0.39, 0.29) is 5.69 Å². The number of carboxylic acids is 1. The van der Waals surface area contributed by atoms with Gasteiger partial charge in [-0.2, -0.15) is 0 Å². The molecule has 0 aliphatic heterocycles. The minimum atomic E-state index is -1.04. The van der Waals surface area contributed by atoms with E-state index in [0.29, 0.717) is 5.69 Å². The highest BCUT2D eigenvalue weighted by atomic mass is 79.9. The van der Waals surface area contributed by atoms with Gasteiger partial charge >= 0.3 is 5.97 Å². The van der Waals surface area contributed by atoms with Gasteiger partial charge in [-0.25, -0.2) is 9.78 Å². The summed E-state index contributed by atoms with van der Waals surface area (Å²) < 4.78 is 0.911. The lowest BCUT2D eigenvalue weighted by atomic mass is 10.2. The van der Waals surface area contributed by atoms with Crippen LogP contribution in [0.4, 0.5) is 11.4 Å². The standard InChI is InChI=1S/C12H9BrN2O2/c13-9-3-1-2-4-10(9)15-8-5-6-14-11(7-8)12(16)17/h1-7H,(H,14,15)(H,16,17). The van der Waals surface area contributed by atoms with Crippen molar-refractivity contribution >= 4 is 33.3 Å². The quantitative estimate of drug-likeness (QED) is 0.911. The molecule has 0 aliphatic carbocycles. The molecule has 0 fully saturated rings. The van der Waals surface area contributed by atoms with Crippen LogP contribution in [0.25, 0.3) is 0 Å². The predicted molar refractivity (Wildman–Crippen MR) is 68.6 cm³/mol. The van der Waals surface area contributed by atoms with Gasteiger partial charge in [-0.1, -0.05) is 12.1 Å². The third-order valence-corrected chi connectivity index (χ3v) is 2.82. The molecule has 1 heterocycles. The second kappa shape index (κ2) is 4.97. The first kappa shape index (κ1) is 11.6. The minimum Gasteiger partial charge on any atom is -0.477 e. The topological polar surface area (TPSA) is 62.2 Å². The van der Waals surface area contributed by atoms with Crippen LogP contribution in [0, 0.1) is 0 Å². The molecule has 4 nitrogen and oxygen atoms in total. The number of nitrogens with one attached hydrogen (secondary N) is 1. The van der Waals surface area contributed by atoms with E-state index in [1.54, 1.807) is 6.07 Å². The summed E-state index contributed by atoms with van der Waals surface area (Å²) in [5.74, 6) is -1.04. The Kier molecular flexibility index (Phi) is 3.39. The van der Waals surface area contributed by atoms with Gasteiger partial charge in [0, 0.05) is 16.4 Å². The van der Waals surface area contributed by atoms with Gasteiger partial charge in [-0.3, -0.25) is 0 Å². The van der Waals surface area contributed by atoms with Crippen molar-refractivity contribution in [3.8, 4) is 0 Å². The molecular weight excluding hydrogens is 284 g/mol. The zero-order chi connectivity index (χ0) is 12.3. The Morgan fingerprint density at radius 2 is 2.06 bits per heavy atom. The normalized spacial score (nSPS) is 9.94. The number of carbonyl (C=O) groups is 1. The van der Waals surface area contributed by atoms with E-state index in [9.17, 15) is 4.79 Å². The Balaban J connectivity index is 2.28. The molecule has 0 saturated heterocycles. The van der Waals surface area contributed by atoms with Crippen LogP contribution in [-0.4, -0.2) is 16.1 Å². The molecule has 0 saturated carbocycles. The molecule has 0 unspecified atom stereocenters. The summed E-state index contributed by atoms with van der Waals surface area (Å²) in [7, 11) is 0. The van der Waals surface area contributed by atoms with Gasteiger partial charge in [0.1, 0.15) is 5.69 Å². The van der Waals surface area contributed by atoms with Crippen molar-refractivity contribution in [3.63, 3.8) is 0 Å². The largest absolute Gasteiger partial charge is 0.477 e. The molecule has 5 heteroatoms. The van der Waals surface area contributed by atoms with Crippen LogP contribution >= 0.6 is 15.9 Å².